The van der Waals surface area contributed by atoms with Gasteiger partial charge in [-0.2, -0.15) is 0 Å². The Bertz CT molecular complexity index is 1220. The minimum absolute atomic E-state index is 0.0889. The van der Waals surface area contributed by atoms with Gasteiger partial charge < -0.3 is 18.6 Å². The topological polar surface area (TPSA) is 75.0 Å². The van der Waals surface area contributed by atoms with Crippen molar-refractivity contribution in [3.05, 3.63) is 77.2 Å². The highest BCUT2D eigenvalue weighted by atomic mass is 16.6. The van der Waals surface area contributed by atoms with Gasteiger partial charge in [0.1, 0.15) is 23.3 Å². The molecule has 4 aromatic rings. The first kappa shape index (κ1) is 17.6. The number of esters is 1. The molecule has 0 aliphatic carbocycles. The molecule has 0 N–H and O–H groups in total. The van der Waals surface area contributed by atoms with Gasteiger partial charge in [-0.05, 0) is 35.0 Å². The largest absolute Gasteiger partial charge is 0.482 e. The standard InChI is InChI=1S/C22H16O6/c1-25-21(23)13-26-16-8-9-18-19(11-16)27-12-20(22(18)24)28-17-7-6-14-4-2-3-5-15(14)10-17/h2-12H,13H2,1H3. The van der Waals surface area contributed by atoms with Gasteiger partial charge in [-0.1, -0.05) is 30.3 Å². The lowest BCUT2D eigenvalue weighted by Gasteiger charge is -2.08. The van der Waals surface area contributed by atoms with Gasteiger partial charge in [0.05, 0.1) is 12.5 Å². The van der Waals surface area contributed by atoms with Crippen LogP contribution in [-0.4, -0.2) is 19.7 Å². The van der Waals surface area contributed by atoms with Crippen LogP contribution in [0, 0.1) is 0 Å². The highest BCUT2D eigenvalue weighted by Crippen LogP contribution is 2.26. The van der Waals surface area contributed by atoms with Gasteiger partial charge in [-0.25, -0.2) is 4.79 Å². The smallest absolute Gasteiger partial charge is 0.343 e. The van der Waals surface area contributed by atoms with E-state index in [1.807, 2.05) is 36.4 Å². The molecule has 0 aliphatic rings. The zero-order valence-electron chi connectivity index (χ0n) is 15.0. The van der Waals surface area contributed by atoms with Crippen LogP contribution in [0.3, 0.4) is 0 Å². The van der Waals surface area contributed by atoms with E-state index in [0.29, 0.717) is 22.5 Å². The third kappa shape index (κ3) is 3.53. The Morgan fingerprint density at radius 3 is 2.57 bits per heavy atom. The van der Waals surface area contributed by atoms with Crippen molar-refractivity contribution in [2.24, 2.45) is 0 Å². The zero-order valence-corrected chi connectivity index (χ0v) is 15.0. The van der Waals surface area contributed by atoms with E-state index in [-0.39, 0.29) is 17.8 Å². The van der Waals surface area contributed by atoms with E-state index >= 15 is 0 Å². The minimum atomic E-state index is -0.499. The van der Waals surface area contributed by atoms with E-state index < -0.39 is 5.97 Å². The second-order valence-electron chi connectivity index (χ2n) is 6.06. The average molecular weight is 376 g/mol. The van der Waals surface area contributed by atoms with Crippen molar-refractivity contribution >= 4 is 27.7 Å². The summed E-state index contributed by atoms with van der Waals surface area (Å²) >= 11 is 0. The molecule has 1 heterocycles. The predicted molar refractivity (Wildman–Crippen MR) is 104 cm³/mol. The van der Waals surface area contributed by atoms with Crippen LogP contribution in [0.4, 0.5) is 0 Å². The normalized spacial score (nSPS) is 10.8. The van der Waals surface area contributed by atoms with Crippen molar-refractivity contribution in [1.29, 1.82) is 0 Å². The molecule has 4 rings (SSSR count). The van der Waals surface area contributed by atoms with Gasteiger partial charge in [-0.3, -0.25) is 4.79 Å². The Balaban J connectivity index is 1.61. The van der Waals surface area contributed by atoms with E-state index in [9.17, 15) is 9.59 Å². The van der Waals surface area contributed by atoms with Gasteiger partial charge in [-0.15, -0.1) is 0 Å². The maximum absolute atomic E-state index is 12.7. The van der Waals surface area contributed by atoms with Crippen LogP contribution in [0.1, 0.15) is 0 Å². The molecule has 0 saturated carbocycles. The Kier molecular flexibility index (Phi) is 4.68. The summed E-state index contributed by atoms with van der Waals surface area (Å²) in [5.41, 5.74) is 0.0344. The van der Waals surface area contributed by atoms with Crippen molar-refractivity contribution in [3.63, 3.8) is 0 Å². The quantitative estimate of drug-likeness (QED) is 0.484. The molecule has 0 aliphatic heterocycles. The van der Waals surface area contributed by atoms with Crippen molar-refractivity contribution in [1.82, 2.24) is 0 Å². The van der Waals surface area contributed by atoms with Crippen LogP contribution >= 0.6 is 0 Å². The summed E-state index contributed by atoms with van der Waals surface area (Å²) in [7, 11) is 1.28. The number of carbonyl (C=O) groups excluding carboxylic acids is 1. The molecule has 3 aromatic carbocycles. The predicted octanol–water partition coefficient (Wildman–Crippen LogP) is 4.29. The minimum Gasteiger partial charge on any atom is -0.482 e. The zero-order chi connectivity index (χ0) is 19.5. The van der Waals surface area contributed by atoms with Gasteiger partial charge in [0.25, 0.3) is 0 Å². The molecule has 0 bridgehead atoms. The van der Waals surface area contributed by atoms with Gasteiger partial charge >= 0.3 is 5.97 Å². The molecule has 0 atom stereocenters. The van der Waals surface area contributed by atoms with Crippen LogP contribution in [0.2, 0.25) is 0 Å². The summed E-state index contributed by atoms with van der Waals surface area (Å²) in [6.45, 7) is -0.227. The van der Waals surface area contributed by atoms with Crippen LogP contribution in [0.15, 0.2) is 76.1 Å². The molecular weight excluding hydrogens is 360 g/mol. The number of benzene rings is 3. The first-order valence-electron chi connectivity index (χ1n) is 8.56. The fraction of sp³-hybridized carbons (Fsp3) is 0.0909. The van der Waals surface area contributed by atoms with E-state index in [1.165, 1.54) is 13.4 Å². The molecule has 0 saturated heterocycles. The maximum Gasteiger partial charge on any atom is 0.343 e. The summed E-state index contributed by atoms with van der Waals surface area (Å²) in [4.78, 5) is 23.9. The third-order valence-electron chi connectivity index (χ3n) is 4.25. The lowest BCUT2D eigenvalue weighted by atomic mass is 10.1. The highest BCUT2D eigenvalue weighted by Gasteiger charge is 2.11. The van der Waals surface area contributed by atoms with Gasteiger partial charge in [0.2, 0.25) is 11.2 Å². The average Bonchev–Trinajstić information content (AvgIpc) is 2.74. The molecule has 0 amide bonds. The van der Waals surface area contributed by atoms with E-state index in [4.69, 9.17) is 13.9 Å². The second kappa shape index (κ2) is 7.44. The number of methoxy groups -OCH3 is 1. The van der Waals surface area contributed by atoms with Crippen molar-refractivity contribution in [2.75, 3.05) is 13.7 Å². The van der Waals surface area contributed by atoms with Gasteiger partial charge in [0, 0.05) is 6.07 Å². The SMILES string of the molecule is COC(=O)COc1ccc2c(=O)c(Oc3ccc4ccccc4c3)coc2c1. The molecular formula is C22H16O6. The molecule has 0 unspecified atom stereocenters. The molecule has 28 heavy (non-hydrogen) atoms. The Hall–Kier alpha value is -3.80. The van der Waals surface area contributed by atoms with E-state index in [2.05, 4.69) is 4.74 Å². The van der Waals surface area contributed by atoms with Crippen LogP contribution in [0.25, 0.3) is 21.7 Å². The van der Waals surface area contributed by atoms with Gasteiger partial charge in [0.15, 0.2) is 6.61 Å². The number of rotatable bonds is 5. The molecule has 140 valence electrons. The molecule has 6 heteroatoms. The molecule has 6 nitrogen and oxygen atoms in total. The van der Waals surface area contributed by atoms with Crippen molar-refractivity contribution in [3.8, 4) is 17.2 Å². The number of fused-ring (bicyclic) bond motifs is 2. The van der Waals surface area contributed by atoms with E-state index in [1.54, 1.807) is 24.3 Å². The van der Waals surface area contributed by atoms with E-state index in [0.717, 1.165) is 10.8 Å². The summed E-state index contributed by atoms with van der Waals surface area (Å²) in [6, 6.07) is 18.2. The number of hydrogen-bond donors (Lipinski definition) is 0. The second-order valence-corrected chi connectivity index (χ2v) is 6.06. The highest BCUT2D eigenvalue weighted by molar-refractivity contribution is 5.84. The fourth-order valence-electron chi connectivity index (χ4n) is 2.81. The summed E-state index contributed by atoms with van der Waals surface area (Å²) in [5.74, 6) is 0.527. The molecule has 0 radical (unpaired) electrons. The monoisotopic (exact) mass is 376 g/mol. The van der Waals surface area contributed by atoms with Crippen LogP contribution < -0.4 is 14.9 Å². The Morgan fingerprint density at radius 1 is 0.964 bits per heavy atom. The molecule has 1 aromatic heterocycles. The van der Waals surface area contributed by atoms with Crippen LogP contribution in [-0.2, 0) is 9.53 Å². The molecule has 0 fully saturated rings. The maximum atomic E-state index is 12.7. The first-order valence-corrected chi connectivity index (χ1v) is 8.56. The third-order valence-corrected chi connectivity index (χ3v) is 4.25. The molecule has 0 spiro atoms. The van der Waals surface area contributed by atoms with Crippen molar-refractivity contribution in [2.45, 2.75) is 0 Å². The first-order chi connectivity index (χ1) is 13.6. The number of carbonyl (C=O) groups is 1. The lowest BCUT2D eigenvalue weighted by Crippen LogP contribution is -2.12. The Labute approximate surface area is 159 Å². The number of hydrogen-bond acceptors (Lipinski definition) is 6. The summed E-state index contributed by atoms with van der Waals surface area (Å²) < 4.78 is 21.1. The summed E-state index contributed by atoms with van der Waals surface area (Å²) in [6.07, 6.45) is 1.27. The Morgan fingerprint density at radius 2 is 1.75 bits per heavy atom. The van der Waals surface area contributed by atoms with Crippen LogP contribution in [0.5, 0.6) is 17.2 Å². The lowest BCUT2D eigenvalue weighted by molar-refractivity contribution is -0.142. The fourth-order valence-corrected chi connectivity index (χ4v) is 2.81. The summed E-state index contributed by atoms with van der Waals surface area (Å²) in [5, 5.41) is 2.45. The number of ether oxygens (including phenoxy) is 3. The van der Waals surface area contributed by atoms with Crippen molar-refractivity contribution < 1.29 is 23.4 Å².